The fraction of sp³-hybridized carbons (Fsp3) is 0.409. The van der Waals surface area contributed by atoms with E-state index < -0.39 is 24.2 Å². The van der Waals surface area contributed by atoms with Crippen LogP contribution in [0.2, 0.25) is 0 Å². The Bertz CT molecular complexity index is 1280. The summed E-state index contributed by atoms with van der Waals surface area (Å²) >= 11 is 1.50. The van der Waals surface area contributed by atoms with Crippen LogP contribution in [0, 0.1) is 19.8 Å². The zero-order chi connectivity index (χ0) is 23.8. The van der Waals surface area contributed by atoms with E-state index in [1.165, 1.54) is 11.3 Å². The van der Waals surface area contributed by atoms with Gasteiger partial charge in [0, 0.05) is 24.8 Å². The van der Waals surface area contributed by atoms with Crippen LogP contribution in [0.25, 0.3) is 20.8 Å². The summed E-state index contributed by atoms with van der Waals surface area (Å²) < 4.78 is 6.23. The Morgan fingerprint density at radius 3 is 2.74 bits per heavy atom. The lowest BCUT2D eigenvalue weighted by Gasteiger charge is -2.21. The number of nitrogens with zero attached hydrogens (tertiary/aromatic N) is 5. The standard InChI is InChI=1S/C22H25N7O4S/c1-10-5-13(33-29-10)7-24-22-25-11(2)17(21-27-15-8-23-4-3-16(15)34-21)20(28-22)26-14-6-12(9-30)18(31)19(14)32/h3-5,8,12,14,18-19,30-32H,6-7,9H2,1-2H3,(H2,24,25,26,28)/t12-,14-,18-,19+/m1/s1. The average molecular weight is 484 g/mol. The van der Waals surface area contributed by atoms with Gasteiger partial charge in [-0.15, -0.1) is 11.3 Å². The summed E-state index contributed by atoms with van der Waals surface area (Å²) in [4.78, 5) is 18.1. The van der Waals surface area contributed by atoms with Crippen LogP contribution in [-0.4, -0.2) is 65.3 Å². The van der Waals surface area contributed by atoms with E-state index >= 15 is 0 Å². The smallest absolute Gasteiger partial charge is 0.225 e. The molecule has 0 spiro atoms. The van der Waals surface area contributed by atoms with E-state index in [-0.39, 0.29) is 6.61 Å². The summed E-state index contributed by atoms with van der Waals surface area (Å²) in [6, 6.07) is 3.23. The quantitative estimate of drug-likeness (QED) is 0.261. The number of nitrogens with one attached hydrogen (secondary N) is 2. The average Bonchev–Trinajstić information content (AvgIpc) is 3.51. The van der Waals surface area contributed by atoms with Crippen molar-refractivity contribution in [1.82, 2.24) is 25.1 Å². The number of aliphatic hydroxyl groups excluding tert-OH is 3. The van der Waals surface area contributed by atoms with Crippen molar-refractivity contribution in [3.05, 3.63) is 41.7 Å². The summed E-state index contributed by atoms with van der Waals surface area (Å²) in [6.45, 7) is 3.86. The Morgan fingerprint density at radius 1 is 1.18 bits per heavy atom. The van der Waals surface area contributed by atoms with E-state index in [2.05, 4.69) is 30.7 Å². The fourth-order valence-corrected chi connectivity index (χ4v) is 5.22. The number of aliphatic hydroxyl groups is 3. The van der Waals surface area contributed by atoms with E-state index in [1.807, 2.05) is 26.0 Å². The van der Waals surface area contributed by atoms with Gasteiger partial charge < -0.3 is 30.5 Å². The number of thiazole rings is 1. The Hall–Kier alpha value is -3.19. The number of anilines is 2. The molecule has 0 unspecified atom stereocenters. The number of aryl methyl sites for hydroxylation is 2. The maximum atomic E-state index is 10.6. The van der Waals surface area contributed by atoms with Crippen molar-refractivity contribution in [2.45, 2.75) is 45.1 Å². The molecule has 178 valence electrons. The highest BCUT2D eigenvalue weighted by Gasteiger charge is 2.41. The Morgan fingerprint density at radius 2 is 2.03 bits per heavy atom. The van der Waals surface area contributed by atoms with Crippen LogP contribution in [0.4, 0.5) is 11.8 Å². The van der Waals surface area contributed by atoms with Gasteiger partial charge in [-0.1, -0.05) is 5.16 Å². The summed E-state index contributed by atoms with van der Waals surface area (Å²) in [5.74, 6) is 1.08. The zero-order valence-corrected chi connectivity index (χ0v) is 19.5. The lowest BCUT2D eigenvalue weighted by atomic mass is 10.1. The summed E-state index contributed by atoms with van der Waals surface area (Å²) in [5.41, 5.74) is 2.94. The first kappa shape index (κ1) is 22.6. The van der Waals surface area contributed by atoms with Crippen LogP contribution in [0.3, 0.4) is 0 Å². The van der Waals surface area contributed by atoms with Gasteiger partial charge in [0.25, 0.3) is 0 Å². The second kappa shape index (κ2) is 9.22. The molecule has 0 radical (unpaired) electrons. The van der Waals surface area contributed by atoms with Crippen LogP contribution in [0.1, 0.15) is 23.6 Å². The molecule has 0 aromatic carbocycles. The molecule has 4 heterocycles. The highest BCUT2D eigenvalue weighted by Crippen LogP contribution is 2.38. The van der Waals surface area contributed by atoms with Crippen molar-refractivity contribution in [2.24, 2.45) is 5.92 Å². The van der Waals surface area contributed by atoms with E-state index in [1.54, 1.807) is 12.4 Å². The third kappa shape index (κ3) is 4.32. The molecular weight excluding hydrogens is 458 g/mol. The monoisotopic (exact) mass is 483 g/mol. The second-order valence-corrected chi connectivity index (χ2v) is 9.45. The molecule has 5 rings (SSSR count). The van der Waals surface area contributed by atoms with Crippen molar-refractivity contribution in [1.29, 1.82) is 0 Å². The molecule has 12 heteroatoms. The van der Waals surface area contributed by atoms with Gasteiger partial charge in [-0.05, 0) is 26.3 Å². The van der Waals surface area contributed by atoms with E-state index in [0.717, 1.165) is 15.9 Å². The van der Waals surface area contributed by atoms with E-state index in [4.69, 9.17) is 9.51 Å². The highest BCUT2D eigenvalue weighted by molar-refractivity contribution is 7.21. The number of rotatable bonds is 7. The van der Waals surface area contributed by atoms with Crippen molar-refractivity contribution in [3.8, 4) is 10.6 Å². The molecule has 34 heavy (non-hydrogen) atoms. The topological polar surface area (TPSA) is 162 Å². The van der Waals surface area contributed by atoms with Gasteiger partial charge in [-0.25, -0.2) is 9.97 Å². The molecule has 0 aliphatic heterocycles. The molecule has 4 aromatic heterocycles. The van der Waals surface area contributed by atoms with Crippen molar-refractivity contribution in [3.63, 3.8) is 0 Å². The van der Waals surface area contributed by atoms with Crippen LogP contribution >= 0.6 is 11.3 Å². The molecule has 0 amide bonds. The van der Waals surface area contributed by atoms with Crippen molar-refractivity contribution < 1.29 is 19.8 Å². The van der Waals surface area contributed by atoms with Gasteiger partial charge in [-0.2, -0.15) is 4.98 Å². The molecular formula is C22H25N7O4S. The summed E-state index contributed by atoms with van der Waals surface area (Å²) in [6.07, 6.45) is 1.75. The Balaban J connectivity index is 1.51. The number of hydrogen-bond donors (Lipinski definition) is 5. The van der Waals surface area contributed by atoms with Gasteiger partial charge >= 0.3 is 0 Å². The third-order valence-electron chi connectivity index (χ3n) is 5.95. The predicted octanol–water partition coefficient (Wildman–Crippen LogP) is 1.88. The van der Waals surface area contributed by atoms with Crippen LogP contribution in [-0.2, 0) is 6.54 Å². The third-order valence-corrected chi connectivity index (χ3v) is 7.00. The summed E-state index contributed by atoms with van der Waals surface area (Å²) in [5, 5.41) is 41.4. The molecule has 0 bridgehead atoms. The minimum absolute atomic E-state index is 0.208. The lowest BCUT2D eigenvalue weighted by Crippen LogP contribution is -2.35. The maximum Gasteiger partial charge on any atom is 0.225 e. The number of hydrogen-bond acceptors (Lipinski definition) is 12. The van der Waals surface area contributed by atoms with Gasteiger partial charge in [0.1, 0.15) is 22.4 Å². The highest BCUT2D eigenvalue weighted by atomic mass is 32.1. The largest absolute Gasteiger partial charge is 0.396 e. The van der Waals surface area contributed by atoms with Crippen molar-refractivity contribution in [2.75, 3.05) is 17.2 Å². The SMILES string of the molecule is Cc1cc(CNc2nc(C)c(-c3nc4cnccc4s3)c(N[C@@H]3C[C@H](CO)[C@@H](O)[C@H]3O)n2)on1. The first-order chi connectivity index (χ1) is 16.4. The van der Waals surface area contributed by atoms with E-state index in [0.29, 0.717) is 46.8 Å². The zero-order valence-electron chi connectivity index (χ0n) is 18.6. The summed E-state index contributed by atoms with van der Waals surface area (Å²) in [7, 11) is 0. The maximum absolute atomic E-state index is 10.6. The number of aromatic nitrogens is 5. The minimum atomic E-state index is -1.05. The van der Waals surface area contributed by atoms with Gasteiger partial charge in [0.2, 0.25) is 5.95 Å². The molecule has 4 atom stereocenters. The van der Waals surface area contributed by atoms with Gasteiger partial charge in [0.05, 0.1) is 46.5 Å². The molecule has 0 saturated heterocycles. The van der Waals surface area contributed by atoms with E-state index in [9.17, 15) is 15.3 Å². The second-order valence-electron chi connectivity index (χ2n) is 8.42. The Kier molecular flexibility index (Phi) is 6.13. The molecule has 4 aromatic rings. The lowest BCUT2D eigenvalue weighted by molar-refractivity contribution is 0.00446. The minimum Gasteiger partial charge on any atom is -0.396 e. The fourth-order valence-electron chi connectivity index (χ4n) is 4.19. The van der Waals surface area contributed by atoms with Gasteiger partial charge in [0.15, 0.2) is 5.76 Å². The first-order valence-electron chi connectivity index (χ1n) is 10.9. The molecule has 1 fully saturated rings. The number of pyridine rings is 1. The van der Waals surface area contributed by atoms with Crippen LogP contribution < -0.4 is 10.6 Å². The molecule has 5 N–H and O–H groups in total. The van der Waals surface area contributed by atoms with Crippen LogP contribution in [0.5, 0.6) is 0 Å². The van der Waals surface area contributed by atoms with Crippen LogP contribution in [0.15, 0.2) is 29.0 Å². The normalized spacial score (nSPS) is 22.4. The number of fused-ring (bicyclic) bond motifs is 1. The van der Waals surface area contributed by atoms with Gasteiger partial charge in [-0.3, -0.25) is 4.98 Å². The molecule has 11 nitrogen and oxygen atoms in total. The van der Waals surface area contributed by atoms with Crippen molar-refractivity contribution >= 4 is 33.3 Å². The molecule has 1 saturated carbocycles. The Labute approximate surface area is 198 Å². The first-order valence-corrected chi connectivity index (χ1v) is 11.7. The molecule has 1 aliphatic carbocycles. The predicted molar refractivity (Wildman–Crippen MR) is 126 cm³/mol. The molecule has 1 aliphatic rings.